The summed E-state index contributed by atoms with van der Waals surface area (Å²) < 4.78 is -0.347. The fourth-order valence-electron chi connectivity index (χ4n) is 0.651. The Morgan fingerprint density at radius 3 is 2.67 bits per heavy atom. The molecule has 0 aromatic rings. The van der Waals surface area contributed by atoms with Crippen molar-refractivity contribution in [1.82, 2.24) is 0 Å². The molecule has 0 aromatic carbocycles. The highest BCUT2D eigenvalue weighted by atomic mass is 16.2. The van der Waals surface area contributed by atoms with Gasteiger partial charge in [0.1, 0.15) is 6.54 Å². The second-order valence-electron chi connectivity index (χ2n) is 2.01. The van der Waals surface area contributed by atoms with Gasteiger partial charge in [-0.15, -0.1) is 4.59 Å². The smallest absolute Gasteiger partial charge is 0.317 e. The molecule has 1 aliphatic heterocycles. The number of hydrogen-bond acceptors (Lipinski definition) is 3. The molecule has 0 fully saturated rings. The molecule has 2 amide bonds. The monoisotopic (exact) mass is 129 g/mol. The van der Waals surface area contributed by atoms with E-state index in [1.54, 1.807) is 0 Å². The van der Waals surface area contributed by atoms with E-state index in [9.17, 15) is 4.79 Å². The lowest BCUT2D eigenvalue weighted by molar-refractivity contribution is -0.755. The Morgan fingerprint density at radius 2 is 2.44 bits per heavy atom. The minimum atomic E-state index is -0.559. The molecule has 0 saturated heterocycles. The SMILES string of the molecule is NC(=O)[N+]1(N)C=NCC1. The number of quaternary nitrogens is 1. The molecule has 9 heavy (non-hydrogen) atoms. The summed E-state index contributed by atoms with van der Waals surface area (Å²) in [6.45, 7) is 1.06. The van der Waals surface area contributed by atoms with Crippen molar-refractivity contribution < 1.29 is 9.39 Å². The van der Waals surface area contributed by atoms with Crippen molar-refractivity contribution in [2.45, 2.75) is 0 Å². The summed E-state index contributed by atoms with van der Waals surface area (Å²) in [6, 6.07) is -0.559. The summed E-state index contributed by atoms with van der Waals surface area (Å²) in [5.74, 6) is 5.42. The molecule has 0 aliphatic carbocycles. The van der Waals surface area contributed by atoms with E-state index < -0.39 is 6.03 Å². The molecule has 1 aliphatic rings. The average molecular weight is 129 g/mol. The number of hydrogen-bond donors (Lipinski definition) is 2. The Bertz CT molecular complexity index is 166. The van der Waals surface area contributed by atoms with Crippen LogP contribution in [0.15, 0.2) is 4.99 Å². The molecule has 0 radical (unpaired) electrons. The van der Waals surface area contributed by atoms with E-state index >= 15 is 0 Å². The first kappa shape index (κ1) is 6.18. The number of urea groups is 1. The Balaban J connectivity index is 2.74. The van der Waals surface area contributed by atoms with Gasteiger partial charge in [0, 0.05) is 0 Å². The summed E-state index contributed by atoms with van der Waals surface area (Å²) in [5.41, 5.74) is 4.95. The maximum atomic E-state index is 10.5. The molecule has 0 aromatic heterocycles. The number of carbonyl (C=O) groups is 1. The Kier molecular flexibility index (Phi) is 1.22. The van der Waals surface area contributed by atoms with Crippen LogP contribution in [0.1, 0.15) is 0 Å². The first-order valence-corrected chi connectivity index (χ1v) is 2.62. The fourth-order valence-corrected chi connectivity index (χ4v) is 0.651. The third-order valence-electron chi connectivity index (χ3n) is 1.30. The number of primary amides is 1. The second kappa shape index (κ2) is 1.78. The Labute approximate surface area is 52.5 Å². The second-order valence-corrected chi connectivity index (χ2v) is 2.01. The molecular formula is C4H9N4O+. The van der Waals surface area contributed by atoms with Gasteiger partial charge in [0.25, 0.3) is 0 Å². The third-order valence-corrected chi connectivity index (χ3v) is 1.30. The third kappa shape index (κ3) is 0.914. The van der Waals surface area contributed by atoms with Crippen molar-refractivity contribution in [3.8, 4) is 0 Å². The van der Waals surface area contributed by atoms with E-state index in [1.807, 2.05) is 0 Å². The number of nitrogens with two attached hydrogens (primary N) is 2. The summed E-state index contributed by atoms with van der Waals surface area (Å²) >= 11 is 0. The molecule has 5 heteroatoms. The maximum Gasteiger partial charge on any atom is 0.439 e. The zero-order chi connectivity index (χ0) is 6.91. The van der Waals surface area contributed by atoms with Gasteiger partial charge in [0.05, 0.1) is 6.54 Å². The topological polar surface area (TPSA) is 81.5 Å². The van der Waals surface area contributed by atoms with Gasteiger partial charge in [-0.25, -0.2) is 9.79 Å². The predicted octanol–water partition coefficient (Wildman–Crippen LogP) is -1.20. The van der Waals surface area contributed by atoms with Gasteiger partial charge in [0.15, 0.2) is 0 Å². The lowest BCUT2D eigenvalue weighted by Gasteiger charge is -2.15. The van der Waals surface area contributed by atoms with E-state index in [2.05, 4.69) is 4.99 Å². The van der Waals surface area contributed by atoms with Gasteiger partial charge in [-0.1, -0.05) is 0 Å². The maximum absolute atomic E-state index is 10.5. The van der Waals surface area contributed by atoms with Gasteiger partial charge in [-0.05, 0) is 0 Å². The molecule has 1 atom stereocenters. The summed E-state index contributed by atoms with van der Waals surface area (Å²) in [7, 11) is 0. The van der Waals surface area contributed by atoms with Crippen molar-refractivity contribution >= 4 is 12.4 Å². The van der Waals surface area contributed by atoms with Crippen LogP contribution in [0.4, 0.5) is 4.79 Å². The number of aliphatic imine (C=N–C) groups is 1. The zero-order valence-corrected chi connectivity index (χ0v) is 4.95. The van der Waals surface area contributed by atoms with Crippen LogP contribution in [-0.2, 0) is 0 Å². The highest BCUT2D eigenvalue weighted by Crippen LogP contribution is 1.98. The summed E-state index contributed by atoms with van der Waals surface area (Å²) in [6.07, 6.45) is 1.36. The Morgan fingerprint density at radius 1 is 1.78 bits per heavy atom. The van der Waals surface area contributed by atoms with Gasteiger partial charge >= 0.3 is 6.03 Å². The molecule has 1 rings (SSSR count). The predicted molar refractivity (Wildman–Crippen MR) is 32.3 cm³/mol. The summed E-state index contributed by atoms with van der Waals surface area (Å²) in [5, 5.41) is 0. The number of rotatable bonds is 0. The van der Waals surface area contributed by atoms with Crippen LogP contribution in [0.3, 0.4) is 0 Å². The fraction of sp³-hybridized carbons (Fsp3) is 0.500. The van der Waals surface area contributed by atoms with Crippen molar-refractivity contribution in [2.24, 2.45) is 16.6 Å². The highest BCUT2D eigenvalue weighted by molar-refractivity contribution is 5.74. The molecule has 50 valence electrons. The minimum Gasteiger partial charge on any atom is -0.317 e. The first-order valence-electron chi connectivity index (χ1n) is 2.62. The van der Waals surface area contributed by atoms with Gasteiger partial charge < -0.3 is 5.73 Å². The Hall–Kier alpha value is -0.940. The van der Waals surface area contributed by atoms with Crippen LogP contribution < -0.4 is 11.6 Å². The largest absolute Gasteiger partial charge is 0.439 e. The highest BCUT2D eigenvalue weighted by Gasteiger charge is 2.32. The molecule has 0 bridgehead atoms. The molecular weight excluding hydrogens is 120 g/mol. The quantitative estimate of drug-likeness (QED) is 0.244. The van der Waals surface area contributed by atoms with Crippen LogP contribution in [0.25, 0.3) is 0 Å². The van der Waals surface area contributed by atoms with Crippen LogP contribution in [0.5, 0.6) is 0 Å². The zero-order valence-electron chi connectivity index (χ0n) is 4.95. The average Bonchev–Trinajstić information content (AvgIpc) is 2.16. The van der Waals surface area contributed by atoms with E-state index in [0.717, 1.165) is 0 Å². The van der Waals surface area contributed by atoms with Crippen LogP contribution >= 0.6 is 0 Å². The normalized spacial score (nSPS) is 33.0. The van der Waals surface area contributed by atoms with Crippen molar-refractivity contribution in [3.05, 3.63) is 0 Å². The number of carbonyl (C=O) groups excluding carboxylic acids is 1. The molecule has 5 nitrogen and oxygen atoms in total. The van der Waals surface area contributed by atoms with Crippen molar-refractivity contribution in [3.63, 3.8) is 0 Å². The van der Waals surface area contributed by atoms with Crippen LogP contribution in [0.2, 0.25) is 0 Å². The van der Waals surface area contributed by atoms with Gasteiger partial charge in [-0.2, -0.15) is 5.84 Å². The van der Waals surface area contributed by atoms with Gasteiger partial charge in [-0.3, -0.25) is 0 Å². The van der Waals surface area contributed by atoms with Crippen molar-refractivity contribution in [2.75, 3.05) is 13.1 Å². The van der Waals surface area contributed by atoms with Crippen molar-refractivity contribution in [1.29, 1.82) is 0 Å². The number of nitrogens with zero attached hydrogens (tertiary/aromatic N) is 2. The van der Waals surface area contributed by atoms with Crippen LogP contribution in [0, 0.1) is 0 Å². The van der Waals surface area contributed by atoms with E-state index in [0.29, 0.717) is 13.1 Å². The standard InChI is InChI=1S/C4H8N4O/c5-4(9)8(6)2-1-7-3-8/h3H,1-2,6H2,(H-,5,9)/p+1. The van der Waals surface area contributed by atoms with E-state index in [-0.39, 0.29) is 4.59 Å². The minimum absolute atomic E-state index is 0.347. The molecule has 0 saturated carbocycles. The van der Waals surface area contributed by atoms with Crippen LogP contribution in [-0.4, -0.2) is 30.1 Å². The lowest BCUT2D eigenvalue weighted by atomic mass is 10.6. The van der Waals surface area contributed by atoms with Gasteiger partial charge in [0.2, 0.25) is 6.34 Å². The molecule has 1 unspecified atom stereocenters. The van der Waals surface area contributed by atoms with E-state index in [4.69, 9.17) is 11.6 Å². The molecule has 4 N–H and O–H groups in total. The summed E-state index contributed by atoms with van der Waals surface area (Å²) in [4.78, 5) is 14.3. The lowest BCUT2D eigenvalue weighted by Crippen LogP contribution is -2.59. The van der Waals surface area contributed by atoms with E-state index in [1.165, 1.54) is 6.34 Å². The molecule has 0 spiro atoms. The first-order chi connectivity index (χ1) is 4.15. The number of amides is 2. The molecule has 1 heterocycles.